The number of nitrogens with one attached hydrogen (secondary N) is 1. The molecule has 0 spiro atoms. The van der Waals surface area contributed by atoms with Gasteiger partial charge in [0, 0.05) is 30.7 Å². The van der Waals surface area contributed by atoms with Gasteiger partial charge in [0.05, 0.1) is 0 Å². The quantitative estimate of drug-likeness (QED) is 0.843. The SMILES string of the molecule is CC(=O)NC(CSc1ccccc1)C(=O)N1CCCC1. The molecule has 1 heterocycles. The van der Waals surface area contributed by atoms with Crippen molar-refractivity contribution < 1.29 is 9.59 Å². The standard InChI is InChI=1S/C15H20N2O2S/c1-12(18)16-14(15(19)17-9-5-6-10-17)11-20-13-7-3-2-4-8-13/h2-4,7-8,14H,5-6,9-11H2,1H3,(H,16,18). The summed E-state index contributed by atoms with van der Waals surface area (Å²) in [5, 5.41) is 2.78. The van der Waals surface area contributed by atoms with Gasteiger partial charge in [-0.1, -0.05) is 18.2 Å². The number of carbonyl (C=O) groups excluding carboxylic acids is 2. The molecule has 0 aliphatic carbocycles. The molecule has 0 radical (unpaired) electrons. The molecule has 1 unspecified atom stereocenters. The van der Waals surface area contributed by atoms with Crippen molar-refractivity contribution in [1.29, 1.82) is 0 Å². The fraction of sp³-hybridized carbons (Fsp3) is 0.467. The number of hydrogen-bond acceptors (Lipinski definition) is 3. The largest absolute Gasteiger partial charge is 0.344 e. The van der Waals surface area contributed by atoms with E-state index in [1.165, 1.54) is 6.92 Å². The number of thioether (sulfide) groups is 1. The van der Waals surface area contributed by atoms with Crippen molar-refractivity contribution in [3.05, 3.63) is 30.3 Å². The van der Waals surface area contributed by atoms with Gasteiger partial charge < -0.3 is 10.2 Å². The van der Waals surface area contributed by atoms with Crippen LogP contribution in [0.15, 0.2) is 35.2 Å². The normalized spacial score (nSPS) is 15.9. The van der Waals surface area contributed by atoms with Crippen LogP contribution in [-0.2, 0) is 9.59 Å². The van der Waals surface area contributed by atoms with Crippen LogP contribution in [0.1, 0.15) is 19.8 Å². The fourth-order valence-corrected chi connectivity index (χ4v) is 3.21. The summed E-state index contributed by atoms with van der Waals surface area (Å²) in [5.74, 6) is 0.455. The molecule has 20 heavy (non-hydrogen) atoms. The van der Waals surface area contributed by atoms with Gasteiger partial charge in [-0.25, -0.2) is 0 Å². The van der Waals surface area contributed by atoms with Crippen LogP contribution < -0.4 is 5.32 Å². The smallest absolute Gasteiger partial charge is 0.246 e. The zero-order chi connectivity index (χ0) is 14.4. The zero-order valence-electron chi connectivity index (χ0n) is 11.7. The van der Waals surface area contributed by atoms with Gasteiger partial charge in [-0.3, -0.25) is 9.59 Å². The molecule has 0 aromatic heterocycles. The van der Waals surface area contributed by atoms with Crippen LogP contribution in [0.5, 0.6) is 0 Å². The van der Waals surface area contributed by atoms with Crippen molar-refractivity contribution >= 4 is 23.6 Å². The summed E-state index contributed by atoms with van der Waals surface area (Å²) >= 11 is 1.60. The first kappa shape index (κ1) is 14.9. The summed E-state index contributed by atoms with van der Waals surface area (Å²) in [5.41, 5.74) is 0. The number of carbonyl (C=O) groups is 2. The van der Waals surface area contributed by atoms with Gasteiger partial charge in [-0.15, -0.1) is 11.8 Å². The molecule has 1 N–H and O–H groups in total. The molecule has 1 aliphatic heterocycles. The summed E-state index contributed by atoms with van der Waals surface area (Å²) in [6, 6.07) is 9.49. The number of likely N-dealkylation sites (tertiary alicyclic amines) is 1. The van der Waals surface area contributed by atoms with E-state index in [1.54, 1.807) is 11.8 Å². The minimum Gasteiger partial charge on any atom is -0.344 e. The zero-order valence-corrected chi connectivity index (χ0v) is 12.5. The van der Waals surface area contributed by atoms with E-state index in [1.807, 2.05) is 35.2 Å². The highest BCUT2D eigenvalue weighted by Gasteiger charge is 2.27. The molecule has 1 atom stereocenters. The summed E-state index contributed by atoms with van der Waals surface area (Å²) in [7, 11) is 0. The summed E-state index contributed by atoms with van der Waals surface area (Å²) in [6.45, 7) is 3.08. The Kier molecular flexibility index (Phi) is 5.47. The molecule has 1 aromatic rings. The molecule has 1 aliphatic rings. The lowest BCUT2D eigenvalue weighted by molar-refractivity contribution is -0.134. The highest BCUT2D eigenvalue weighted by molar-refractivity contribution is 7.99. The molecule has 1 fully saturated rings. The lowest BCUT2D eigenvalue weighted by Crippen LogP contribution is -2.48. The van der Waals surface area contributed by atoms with Crippen molar-refractivity contribution in [3.63, 3.8) is 0 Å². The van der Waals surface area contributed by atoms with Gasteiger partial charge in [-0.05, 0) is 25.0 Å². The first-order valence-corrected chi connectivity index (χ1v) is 7.89. The topological polar surface area (TPSA) is 49.4 Å². The first-order valence-electron chi connectivity index (χ1n) is 6.90. The maximum Gasteiger partial charge on any atom is 0.246 e. The number of nitrogens with zero attached hydrogens (tertiary/aromatic N) is 1. The number of rotatable bonds is 5. The molecule has 5 heteroatoms. The summed E-state index contributed by atoms with van der Waals surface area (Å²) in [4.78, 5) is 26.7. The lowest BCUT2D eigenvalue weighted by Gasteiger charge is -2.23. The van der Waals surface area contributed by atoms with E-state index >= 15 is 0 Å². The lowest BCUT2D eigenvalue weighted by atomic mass is 10.3. The van der Waals surface area contributed by atoms with E-state index in [0.717, 1.165) is 30.8 Å². The highest BCUT2D eigenvalue weighted by Crippen LogP contribution is 2.19. The molecule has 0 saturated carbocycles. The van der Waals surface area contributed by atoms with Crippen molar-refractivity contribution in [2.75, 3.05) is 18.8 Å². The molecular formula is C15H20N2O2S. The molecule has 1 aromatic carbocycles. The van der Waals surface area contributed by atoms with Gasteiger partial charge in [0.1, 0.15) is 6.04 Å². The van der Waals surface area contributed by atoms with Crippen LogP contribution in [0.4, 0.5) is 0 Å². The Hall–Kier alpha value is -1.49. The Bertz CT molecular complexity index is 458. The molecule has 1 saturated heterocycles. The van der Waals surface area contributed by atoms with Gasteiger partial charge in [0.2, 0.25) is 11.8 Å². The summed E-state index contributed by atoms with van der Waals surface area (Å²) < 4.78 is 0. The minimum absolute atomic E-state index is 0.0427. The third-order valence-electron chi connectivity index (χ3n) is 3.25. The van der Waals surface area contributed by atoms with E-state index in [-0.39, 0.29) is 11.8 Å². The Morgan fingerprint density at radius 1 is 1.25 bits per heavy atom. The highest BCUT2D eigenvalue weighted by atomic mass is 32.2. The second-order valence-electron chi connectivity index (χ2n) is 4.91. The molecule has 4 nitrogen and oxygen atoms in total. The third-order valence-corrected chi connectivity index (χ3v) is 4.36. The number of hydrogen-bond donors (Lipinski definition) is 1. The van der Waals surface area contributed by atoms with E-state index in [2.05, 4.69) is 5.32 Å². The first-order chi connectivity index (χ1) is 9.66. The average molecular weight is 292 g/mol. The maximum absolute atomic E-state index is 12.4. The Morgan fingerprint density at radius 2 is 1.90 bits per heavy atom. The van der Waals surface area contributed by atoms with E-state index < -0.39 is 6.04 Å². The van der Waals surface area contributed by atoms with E-state index in [0.29, 0.717) is 5.75 Å². The molecule has 2 amide bonds. The second-order valence-corrected chi connectivity index (χ2v) is 6.00. The number of benzene rings is 1. The van der Waals surface area contributed by atoms with Gasteiger partial charge in [0.15, 0.2) is 0 Å². The Balaban J connectivity index is 1.95. The molecule has 108 valence electrons. The van der Waals surface area contributed by atoms with Crippen molar-refractivity contribution in [2.24, 2.45) is 0 Å². The van der Waals surface area contributed by atoms with Crippen molar-refractivity contribution in [3.8, 4) is 0 Å². The predicted octanol–water partition coefficient (Wildman–Crippen LogP) is 1.91. The van der Waals surface area contributed by atoms with Crippen LogP contribution in [0.3, 0.4) is 0 Å². The molecular weight excluding hydrogens is 272 g/mol. The minimum atomic E-state index is -0.434. The van der Waals surface area contributed by atoms with Crippen molar-refractivity contribution in [2.45, 2.75) is 30.7 Å². The molecule has 0 bridgehead atoms. The molecule has 2 rings (SSSR count). The second kappa shape index (κ2) is 7.33. The van der Waals surface area contributed by atoms with Gasteiger partial charge in [0.25, 0.3) is 0 Å². The Labute approximate surface area is 123 Å². The fourth-order valence-electron chi connectivity index (χ4n) is 2.27. The van der Waals surface area contributed by atoms with Crippen LogP contribution >= 0.6 is 11.8 Å². The average Bonchev–Trinajstić information content (AvgIpc) is 2.97. The maximum atomic E-state index is 12.4. The van der Waals surface area contributed by atoms with Crippen LogP contribution in [-0.4, -0.2) is 41.6 Å². The Morgan fingerprint density at radius 3 is 2.50 bits per heavy atom. The predicted molar refractivity (Wildman–Crippen MR) is 80.6 cm³/mol. The van der Waals surface area contributed by atoms with Crippen LogP contribution in [0, 0.1) is 0 Å². The van der Waals surface area contributed by atoms with Gasteiger partial charge in [-0.2, -0.15) is 0 Å². The van der Waals surface area contributed by atoms with E-state index in [9.17, 15) is 9.59 Å². The number of amides is 2. The summed E-state index contributed by atoms with van der Waals surface area (Å²) in [6.07, 6.45) is 2.12. The van der Waals surface area contributed by atoms with Gasteiger partial charge >= 0.3 is 0 Å². The van der Waals surface area contributed by atoms with Crippen molar-refractivity contribution in [1.82, 2.24) is 10.2 Å². The third kappa shape index (κ3) is 4.27. The van der Waals surface area contributed by atoms with Crippen LogP contribution in [0.25, 0.3) is 0 Å². The monoisotopic (exact) mass is 292 g/mol. The van der Waals surface area contributed by atoms with E-state index in [4.69, 9.17) is 0 Å². The van der Waals surface area contributed by atoms with Crippen LogP contribution in [0.2, 0.25) is 0 Å².